The van der Waals surface area contributed by atoms with Gasteiger partial charge in [-0.1, -0.05) is 25.5 Å². The van der Waals surface area contributed by atoms with Gasteiger partial charge in [0, 0.05) is 12.6 Å². The van der Waals surface area contributed by atoms with E-state index in [-0.39, 0.29) is 0 Å². The number of nitrogens with zero attached hydrogens (tertiary/aromatic N) is 1. The maximum absolute atomic E-state index is 3.72. The zero-order valence-corrected chi connectivity index (χ0v) is 12.8. The van der Waals surface area contributed by atoms with Crippen LogP contribution in [-0.4, -0.2) is 37.1 Å². The molecule has 2 nitrogen and oxygen atoms in total. The van der Waals surface area contributed by atoms with Crippen molar-refractivity contribution < 1.29 is 0 Å². The molecular weight excluding hydrogens is 220 g/mol. The van der Waals surface area contributed by atoms with E-state index in [0.29, 0.717) is 0 Å². The zero-order valence-electron chi connectivity index (χ0n) is 12.8. The first-order valence-electron chi connectivity index (χ1n) is 7.67. The molecule has 0 saturated carbocycles. The summed E-state index contributed by atoms with van der Waals surface area (Å²) >= 11 is 0. The second-order valence-electron chi connectivity index (χ2n) is 6.35. The minimum absolute atomic E-state index is 0.764. The van der Waals surface area contributed by atoms with E-state index in [2.05, 4.69) is 44.0 Å². The van der Waals surface area contributed by atoms with Gasteiger partial charge in [0.15, 0.2) is 0 Å². The standard InChI is InChI=1S/C16H32N2/c1-14(2)6-5-10-17-16-8-12-18(13-9-16)11-7-15(3)4/h7,14,16-17H,5-6,8-13H2,1-4H3. The number of likely N-dealkylation sites (tertiary alicyclic amines) is 1. The Morgan fingerprint density at radius 2 is 1.94 bits per heavy atom. The monoisotopic (exact) mass is 252 g/mol. The molecule has 1 heterocycles. The molecule has 1 saturated heterocycles. The predicted molar refractivity (Wildman–Crippen MR) is 81.0 cm³/mol. The Morgan fingerprint density at radius 3 is 2.50 bits per heavy atom. The minimum Gasteiger partial charge on any atom is -0.314 e. The average molecular weight is 252 g/mol. The van der Waals surface area contributed by atoms with Gasteiger partial charge in [0.2, 0.25) is 0 Å². The van der Waals surface area contributed by atoms with Gasteiger partial charge in [-0.25, -0.2) is 0 Å². The lowest BCUT2D eigenvalue weighted by molar-refractivity contribution is 0.214. The molecule has 0 spiro atoms. The first-order chi connectivity index (χ1) is 8.58. The van der Waals surface area contributed by atoms with E-state index in [1.54, 1.807) is 0 Å². The lowest BCUT2D eigenvalue weighted by atomic mass is 10.0. The molecule has 0 aromatic carbocycles. The average Bonchev–Trinajstić information content (AvgIpc) is 2.33. The number of hydrogen-bond donors (Lipinski definition) is 1. The Morgan fingerprint density at radius 1 is 1.28 bits per heavy atom. The molecule has 1 rings (SSSR count). The molecule has 0 unspecified atom stereocenters. The van der Waals surface area contributed by atoms with E-state index >= 15 is 0 Å². The SMILES string of the molecule is CC(C)=CCN1CCC(NCCCC(C)C)CC1. The summed E-state index contributed by atoms with van der Waals surface area (Å²) in [4.78, 5) is 2.57. The van der Waals surface area contributed by atoms with Crippen molar-refractivity contribution in [2.45, 2.75) is 59.4 Å². The molecule has 0 aliphatic carbocycles. The number of allylic oxidation sites excluding steroid dienone is 1. The van der Waals surface area contributed by atoms with Gasteiger partial charge in [0.05, 0.1) is 0 Å². The van der Waals surface area contributed by atoms with Gasteiger partial charge in [-0.15, -0.1) is 0 Å². The molecule has 18 heavy (non-hydrogen) atoms. The van der Waals surface area contributed by atoms with Crippen LogP contribution in [0.4, 0.5) is 0 Å². The number of hydrogen-bond acceptors (Lipinski definition) is 2. The van der Waals surface area contributed by atoms with E-state index in [1.165, 1.54) is 50.9 Å². The number of rotatable bonds is 7. The van der Waals surface area contributed by atoms with E-state index < -0.39 is 0 Å². The smallest absolute Gasteiger partial charge is 0.0165 e. The normalized spacial score (nSPS) is 18.3. The van der Waals surface area contributed by atoms with Crippen LogP contribution in [0.3, 0.4) is 0 Å². The Bertz CT molecular complexity index is 233. The van der Waals surface area contributed by atoms with E-state index in [0.717, 1.165) is 18.5 Å². The summed E-state index contributed by atoms with van der Waals surface area (Å²) in [6, 6.07) is 0.764. The summed E-state index contributed by atoms with van der Waals surface area (Å²) in [6.07, 6.45) is 7.66. The van der Waals surface area contributed by atoms with Crippen molar-refractivity contribution in [3.05, 3.63) is 11.6 Å². The van der Waals surface area contributed by atoms with Crippen molar-refractivity contribution in [1.29, 1.82) is 0 Å². The third-order valence-corrected chi connectivity index (χ3v) is 3.74. The Kier molecular flexibility index (Phi) is 7.60. The summed E-state index contributed by atoms with van der Waals surface area (Å²) in [5, 5.41) is 3.72. The Hall–Kier alpha value is -0.340. The third kappa shape index (κ3) is 7.17. The highest BCUT2D eigenvalue weighted by Crippen LogP contribution is 2.11. The quantitative estimate of drug-likeness (QED) is 0.551. The highest BCUT2D eigenvalue weighted by atomic mass is 15.1. The van der Waals surface area contributed by atoms with E-state index in [1.807, 2.05) is 0 Å². The van der Waals surface area contributed by atoms with Crippen molar-refractivity contribution >= 4 is 0 Å². The molecule has 1 aliphatic rings. The topological polar surface area (TPSA) is 15.3 Å². The van der Waals surface area contributed by atoms with Crippen LogP contribution in [0.5, 0.6) is 0 Å². The molecule has 1 aliphatic heterocycles. The fourth-order valence-electron chi connectivity index (χ4n) is 2.45. The van der Waals surface area contributed by atoms with Gasteiger partial charge < -0.3 is 5.32 Å². The summed E-state index contributed by atoms with van der Waals surface area (Å²) in [5.41, 5.74) is 1.43. The predicted octanol–water partition coefficient (Wildman–Crippen LogP) is 3.44. The molecule has 1 N–H and O–H groups in total. The maximum atomic E-state index is 3.72. The lowest BCUT2D eigenvalue weighted by Crippen LogP contribution is -2.42. The van der Waals surface area contributed by atoms with Gasteiger partial charge in [-0.3, -0.25) is 4.90 Å². The van der Waals surface area contributed by atoms with Crippen LogP contribution in [0, 0.1) is 5.92 Å². The first-order valence-corrected chi connectivity index (χ1v) is 7.67. The van der Waals surface area contributed by atoms with Crippen LogP contribution in [0.15, 0.2) is 11.6 Å². The first kappa shape index (κ1) is 15.7. The molecule has 2 heteroatoms. The molecule has 0 bridgehead atoms. The van der Waals surface area contributed by atoms with Crippen molar-refractivity contribution in [3.63, 3.8) is 0 Å². The highest BCUT2D eigenvalue weighted by molar-refractivity contribution is 4.95. The van der Waals surface area contributed by atoms with Crippen LogP contribution < -0.4 is 5.32 Å². The van der Waals surface area contributed by atoms with Crippen LogP contribution in [0.1, 0.15) is 53.4 Å². The van der Waals surface area contributed by atoms with Gasteiger partial charge in [0.1, 0.15) is 0 Å². The molecule has 0 aromatic heterocycles. The van der Waals surface area contributed by atoms with Crippen LogP contribution in [0.25, 0.3) is 0 Å². The van der Waals surface area contributed by atoms with Crippen LogP contribution >= 0.6 is 0 Å². The van der Waals surface area contributed by atoms with Crippen LogP contribution in [-0.2, 0) is 0 Å². The summed E-state index contributed by atoms with van der Waals surface area (Å²) in [7, 11) is 0. The summed E-state index contributed by atoms with van der Waals surface area (Å²) < 4.78 is 0. The molecule has 1 fully saturated rings. The van der Waals surface area contributed by atoms with Crippen molar-refractivity contribution in [1.82, 2.24) is 10.2 Å². The van der Waals surface area contributed by atoms with Crippen molar-refractivity contribution in [2.24, 2.45) is 5.92 Å². The maximum Gasteiger partial charge on any atom is 0.0165 e. The Balaban J connectivity index is 2.06. The second kappa shape index (κ2) is 8.71. The third-order valence-electron chi connectivity index (χ3n) is 3.74. The fourth-order valence-corrected chi connectivity index (χ4v) is 2.45. The molecular formula is C16H32N2. The molecule has 0 atom stereocenters. The van der Waals surface area contributed by atoms with Crippen molar-refractivity contribution in [3.8, 4) is 0 Å². The number of nitrogens with one attached hydrogen (secondary N) is 1. The van der Waals surface area contributed by atoms with Gasteiger partial charge in [0.25, 0.3) is 0 Å². The molecule has 0 amide bonds. The number of piperidine rings is 1. The molecule has 0 aromatic rings. The zero-order chi connectivity index (χ0) is 13.4. The molecule has 106 valence electrons. The Labute approximate surface area is 114 Å². The largest absolute Gasteiger partial charge is 0.314 e. The fraction of sp³-hybridized carbons (Fsp3) is 0.875. The lowest BCUT2D eigenvalue weighted by Gasteiger charge is -2.32. The summed E-state index contributed by atoms with van der Waals surface area (Å²) in [5.74, 6) is 0.845. The van der Waals surface area contributed by atoms with E-state index in [9.17, 15) is 0 Å². The summed E-state index contributed by atoms with van der Waals surface area (Å²) in [6.45, 7) is 13.8. The van der Waals surface area contributed by atoms with Crippen LogP contribution in [0.2, 0.25) is 0 Å². The highest BCUT2D eigenvalue weighted by Gasteiger charge is 2.17. The van der Waals surface area contributed by atoms with Gasteiger partial charge >= 0.3 is 0 Å². The second-order valence-corrected chi connectivity index (χ2v) is 6.35. The van der Waals surface area contributed by atoms with Crippen molar-refractivity contribution in [2.75, 3.05) is 26.2 Å². The van der Waals surface area contributed by atoms with E-state index in [4.69, 9.17) is 0 Å². The van der Waals surface area contributed by atoms with Gasteiger partial charge in [-0.2, -0.15) is 0 Å². The van der Waals surface area contributed by atoms with Gasteiger partial charge in [-0.05, 0) is 65.1 Å². The minimum atomic E-state index is 0.764. The molecule has 0 radical (unpaired) electrons.